The van der Waals surface area contributed by atoms with Crippen molar-refractivity contribution in [2.24, 2.45) is 0 Å². The predicted octanol–water partition coefficient (Wildman–Crippen LogP) is 4.38. The molecule has 5 rings (SSSR count). The molecule has 1 saturated heterocycles. The van der Waals surface area contributed by atoms with E-state index in [1.807, 2.05) is 13.0 Å². The molecular formula is C23H23FN3OP. The third kappa shape index (κ3) is 3.04. The summed E-state index contributed by atoms with van der Waals surface area (Å²) < 4.78 is 19.8. The van der Waals surface area contributed by atoms with E-state index in [1.54, 1.807) is 18.5 Å². The number of anilines is 2. The summed E-state index contributed by atoms with van der Waals surface area (Å²) >= 11 is 0. The minimum Gasteiger partial charge on any atom is -0.379 e. The number of halogens is 1. The Morgan fingerprint density at radius 1 is 1.07 bits per heavy atom. The number of nitrogens with zero attached hydrogens (tertiary/aromatic N) is 3. The van der Waals surface area contributed by atoms with Crippen molar-refractivity contribution in [2.45, 2.75) is 12.3 Å². The second-order valence-corrected chi connectivity index (χ2v) is 10.5. The molecule has 148 valence electrons. The van der Waals surface area contributed by atoms with E-state index in [0.29, 0.717) is 17.1 Å². The van der Waals surface area contributed by atoms with Crippen LogP contribution in [0.3, 0.4) is 0 Å². The van der Waals surface area contributed by atoms with Crippen LogP contribution >= 0.6 is 7.92 Å². The Morgan fingerprint density at radius 2 is 1.83 bits per heavy atom. The van der Waals surface area contributed by atoms with E-state index in [4.69, 9.17) is 4.74 Å². The van der Waals surface area contributed by atoms with Crippen LogP contribution in [0.15, 0.2) is 48.8 Å². The van der Waals surface area contributed by atoms with Crippen LogP contribution in [0.5, 0.6) is 0 Å². The van der Waals surface area contributed by atoms with Crippen LogP contribution in [0.4, 0.5) is 16.0 Å². The van der Waals surface area contributed by atoms with E-state index in [1.165, 1.54) is 22.6 Å². The van der Waals surface area contributed by atoms with E-state index < -0.39 is 0 Å². The Balaban J connectivity index is 1.53. The van der Waals surface area contributed by atoms with Gasteiger partial charge in [-0.05, 0) is 49.3 Å². The average molecular weight is 407 g/mol. The largest absolute Gasteiger partial charge is 0.379 e. The van der Waals surface area contributed by atoms with Gasteiger partial charge in [0.15, 0.2) is 0 Å². The standard InChI is InChI=1S/C23H23FN3OP/c1-15-4-7-20(24)18(8-15)16-10-25-22(26-11-16)27-12-23(13-28-14-23)19-6-5-17(29(2)3)9-21(19)27/h4-11H,12-14H2,1-3H3. The van der Waals surface area contributed by atoms with Crippen molar-refractivity contribution in [3.63, 3.8) is 0 Å². The van der Waals surface area contributed by atoms with Gasteiger partial charge in [-0.2, -0.15) is 0 Å². The lowest BCUT2D eigenvalue weighted by Gasteiger charge is -2.38. The highest BCUT2D eigenvalue weighted by Gasteiger charge is 2.49. The number of hydrogen-bond donors (Lipinski definition) is 0. The van der Waals surface area contributed by atoms with Crippen LogP contribution in [0.2, 0.25) is 0 Å². The lowest BCUT2D eigenvalue weighted by molar-refractivity contribution is -0.0507. The van der Waals surface area contributed by atoms with Crippen molar-refractivity contribution in [3.8, 4) is 11.1 Å². The number of benzene rings is 2. The minimum absolute atomic E-state index is 0.0305. The number of aromatic nitrogens is 2. The number of ether oxygens (including phenoxy) is 1. The van der Waals surface area contributed by atoms with Crippen LogP contribution in [-0.4, -0.2) is 43.1 Å². The average Bonchev–Trinajstić information content (AvgIpc) is 3.05. The van der Waals surface area contributed by atoms with Crippen molar-refractivity contribution >= 4 is 24.9 Å². The summed E-state index contributed by atoms with van der Waals surface area (Å²) in [6.45, 7) is 8.76. The topological polar surface area (TPSA) is 38.2 Å². The summed E-state index contributed by atoms with van der Waals surface area (Å²) in [5.41, 5.74) is 4.76. The van der Waals surface area contributed by atoms with Crippen LogP contribution < -0.4 is 10.2 Å². The molecule has 2 aliphatic heterocycles. The number of fused-ring (bicyclic) bond motifs is 2. The summed E-state index contributed by atoms with van der Waals surface area (Å²) in [7, 11) is -0.190. The molecule has 0 radical (unpaired) electrons. The molecule has 0 bridgehead atoms. The van der Waals surface area contributed by atoms with Crippen molar-refractivity contribution in [1.29, 1.82) is 0 Å². The molecule has 1 aromatic heterocycles. The van der Waals surface area contributed by atoms with E-state index in [-0.39, 0.29) is 19.2 Å². The molecule has 3 heterocycles. The van der Waals surface area contributed by atoms with Gasteiger partial charge >= 0.3 is 0 Å². The highest BCUT2D eigenvalue weighted by atomic mass is 31.1. The third-order valence-electron chi connectivity index (χ3n) is 5.89. The number of hydrogen-bond acceptors (Lipinski definition) is 4. The molecule has 2 aromatic carbocycles. The smallest absolute Gasteiger partial charge is 0.229 e. The summed E-state index contributed by atoms with van der Waals surface area (Å²) in [5.74, 6) is 0.397. The van der Waals surface area contributed by atoms with Gasteiger partial charge in [-0.15, -0.1) is 0 Å². The Morgan fingerprint density at radius 3 is 2.48 bits per heavy atom. The van der Waals surface area contributed by atoms with Crippen LogP contribution in [-0.2, 0) is 10.2 Å². The molecule has 0 unspecified atom stereocenters. The predicted molar refractivity (Wildman–Crippen MR) is 117 cm³/mol. The first-order chi connectivity index (χ1) is 14.0. The maximum Gasteiger partial charge on any atom is 0.229 e. The maximum atomic E-state index is 14.3. The molecule has 3 aromatic rings. The second kappa shape index (κ2) is 6.86. The fourth-order valence-electron chi connectivity index (χ4n) is 4.18. The quantitative estimate of drug-likeness (QED) is 0.604. The number of rotatable bonds is 3. The van der Waals surface area contributed by atoms with E-state index in [9.17, 15) is 4.39 Å². The highest BCUT2D eigenvalue weighted by molar-refractivity contribution is 7.64. The van der Waals surface area contributed by atoms with E-state index >= 15 is 0 Å². The van der Waals surface area contributed by atoms with E-state index in [0.717, 1.165) is 25.3 Å². The van der Waals surface area contributed by atoms with Crippen LogP contribution in [0, 0.1) is 12.7 Å². The summed E-state index contributed by atoms with van der Waals surface area (Å²) in [5, 5.41) is 1.36. The molecule has 1 fully saturated rings. The molecule has 0 atom stereocenters. The summed E-state index contributed by atoms with van der Waals surface area (Å²) in [4.78, 5) is 11.4. The first kappa shape index (κ1) is 18.7. The van der Waals surface area contributed by atoms with Crippen molar-refractivity contribution < 1.29 is 9.13 Å². The van der Waals surface area contributed by atoms with Gasteiger partial charge < -0.3 is 9.64 Å². The zero-order valence-electron chi connectivity index (χ0n) is 16.8. The fourth-order valence-corrected chi connectivity index (χ4v) is 4.93. The lowest BCUT2D eigenvalue weighted by atomic mass is 9.81. The van der Waals surface area contributed by atoms with Gasteiger partial charge in [0.25, 0.3) is 0 Å². The Labute approximate surface area is 171 Å². The monoisotopic (exact) mass is 407 g/mol. The molecule has 0 saturated carbocycles. The molecule has 29 heavy (non-hydrogen) atoms. The van der Waals surface area contributed by atoms with Crippen molar-refractivity contribution in [2.75, 3.05) is 38.0 Å². The Hall–Kier alpha value is -2.36. The molecule has 0 N–H and O–H groups in total. The zero-order valence-corrected chi connectivity index (χ0v) is 17.7. The second-order valence-electron chi connectivity index (χ2n) is 8.21. The highest BCUT2D eigenvalue weighted by Crippen LogP contribution is 2.48. The van der Waals surface area contributed by atoms with Gasteiger partial charge in [0.2, 0.25) is 5.95 Å². The molecule has 0 amide bonds. The summed E-state index contributed by atoms with van der Waals surface area (Å²) in [6.07, 6.45) is 3.44. The summed E-state index contributed by atoms with van der Waals surface area (Å²) in [6, 6.07) is 11.9. The Kier molecular flexibility index (Phi) is 4.41. The third-order valence-corrected chi connectivity index (χ3v) is 7.20. The number of aryl methyl sites for hydroxylation is 1. The molecule has 1 spiro atoms. The van der Waals surface area contributed by atoms with Crippen molar-refractivity contribution in [1.82, 2.24) is 9.97 Å². The van der Waals surface area contributed by atoms with Crippen LogP contribution in [0.25, 0.3) is 11.1 Å². The van der Waals surface area contributed by atoms with Crippen molar-refractivity contribution in [3.05, 3.63) is 65.7 Å². The molecule has 6 heteroatoms. The molecule has 4 nitrogen and oxygen atoms in total. The lowest BCUT2D eigenvalue weighted by Crippen LogP contribution is -2.49. The van der Waals surface area contributed by atoms with Gasteiger partial charge in [0, 0.05) is 35.8 Å². The molecule has 2 aliphatic rings. The van der Waals surface area contributed by atoms with Gasteiger partial charge in [0.1, 0.15) is 5.82 Å². The van der Waals surface area contributed by atoms with Gasteiger partial charge in [-0.3, -0.25) is 0 Å². The molecular weight excluding hydrogens is 384 g/mol. The Bertz CT molecular complexity index is 1080. The fraction of sp³-hybridized carbons (Fsp3) is 0.304. The van der Waals surface area contributed by atoms with Gasteiger partial charge in [0.05, 0.1) is 18.6 Å². The minimum atomic E-state index is -0.257. The SMILES string of the molecule is Cc1ccc(F)c(-c2cnc(N3CC4(COC4)c4ccc(P(C)C)cc43)nc2)c1. The first-order valence-corrected chi connectivity index (χ1v) is 12.0. The van der Waals surface area contributed by atoms with Gasteiger partial charge in [-0.25, -0.2) is 14.4 Å². The first-order valence-electron chi connectivity index (χ1n) is 9.73. The van der Waals surface area contributed by atoms with E-state index in [2.05, 4.69) is 46.4 Å². The normalized spacial score (nSPS) is 16.9. The maximum absolute atomic E-state index is 14.3. The zero-order chi connectivity index (χ0) is 20.2. The van der Waals surface area contributed by atoms with Crippen LogP contribution in [0.1, 0.15) is 11.1 Å². The molecule has 0 aliphatic carbocycles. The van der Waals surface area contributed by atoms with Gasteiger partial charge in [-0.1, -0.05) is 31.7 Å².